The Bertz CT molecular complexity index is 747. The van der Waals surface area contributed by atoms with Gasteiger partial charge in [-0.1, -0.05) is 30.0 Å². The lowest BCUT2D eigenvalue weighted by Crippen LogP contribution is -1.93. The van der Waals surface area contributed by atoms with Gasteiger partial charge in [0.25, 0.3) is 0 Å². The van der Waals surface area contributed by atoms with Crippen molar-refractivity contribution in [1.82, 2.24) is 9.97 Å². The van der Waals surface area contributed by atoms with Gasteiger partial charge in [-0.15, -0.1) is 0 Å². The first-order valence-electron chi connectivity index (χ1n) is 5.69. The third kappa shape index (κ3) is 2.30. The van der Waals surface area contributed by atoms with E-state index in [4.69, 9.17) is 9.68 Å². The summed E-state index contributed by atoms with van der Waals surface area (Å²) < 4.78 is 5.33. The number of hydrogen-bond donors (Lipinski definition) is 0. The van der Waals surface area contributed by atoms with Gasteiger partial charge in [0.2, 0.25) is 0 Å². The van der Waals surface area contributed by atoms with Crippen LogP contribution in [0.25, 0.3) is 22.5 Å². The summed E-state index contributed by atoms with van der Waals surface area (Å²) in [6.07, 6.45) is 1.59. The quantitative estimate of drug-likeness (QED) is 0.536. The maximum absolute atomic E-state index is 8.72. The number of furan rings is 1. The predicted molar refractivity (Wildman–Crippen MR) is 73.6 cm³/mol. The highest BCUT2D eigenvalue weighted by Gasteiger charge is 2.11. The van der Waals surface area contributed by atoms with Crippen LogP contribution in [0.4, 0.5) is 0 Å². The van der Waals surface area contributed by atoms with Gasteiger partial charge in [-0.3, -0.25) is 0 Å². The minimum atomic E-state index is 0.360. The third-order valence-corrected chi connectivity index (χ3v) is 3.44. The number of hydrogen-bond acceptors (Lipinski definition) is 5. The number of rotatable bonds is 3. The van der Waals surface area contributed by atoms with Gasteiger partial charge in [-0.25, -0.2) is 9.97 Å². The van der Waals surface area contributed by atoms with Crippen LogP contribution >= 0.6 is 11.8 Å². The van der Waals surface area contributed by atoms with Crippen molar-refractivity contribution in [2.45, 2.75) is 5.03 Å². The summed E-state index contributed by atoms with van der Waals surface area (Å²) in [6.45, 7) is 0. The van der Waals surface area contributed by atoms with Crippen molar-refractivity contribution in [1.29, 1.82) is 5.26 Å². The van der Waals surface area contributed by atoms with Crippen molar-refractivity contribution < 1.29 is 4.42 Å². The number of nitriles is 1. The molecule has 0 saturated carbocycles. The fraction of sp³-hybridized carbons (Fsp3) is 0.0714. The molecule has 0 N–H and O–H groups in total. The molecule has 2 aromatic heterocycles. The molecule has 1 aromatic carbocycles. The topological polar surface area (TPSA) is 62.7 Å². The first kappa shape index (κ1) is 11.8. The molecule has 0 radical (unpaired) electrons. The van der Waals surface area contributed by atoms with Gasteiger partial charge in [0.1, 0.15) is 5.03 Å². The standard InChI is InChI=1S/C14H9N3OS/c15-7-9-19-14-10-4-1-2-5-11(10)16-13(17-14)12-6-3-8-18-12/h1-6,8H,9H2. The van der Waals surface area contributed by atoms with E-state index in [-0.39, 0.29) is 0 Å². The minimum Gasteiger partial charge on any atom is -0.461 e. The van der Waals surface area contributed by atoms with E-state index in [9.17, 15) is 0 Å². The first-order valence-corrected chi connectivity index (χ1v) is 6.67. The van der Waals surface area contributed by atoms with E-state index >= 15 is 0 Å². The second-order valence-electron chi connectivity index (χ2n) is 3.79. The maximum atomic E-state index is 8.72. The Kier molecular flexibility index (Phi) is 3.17. The smallest absolute Gasteiger partial charge is 0.197 e. The van der Waals surface area contributed by atoms with Crippen LogP contribution in [-0.4, -0.2) is 15.7 Å². The summed E-state index contributed by atoms with van der Waals surface area (Å²) in [5, 5.41) is 10.5. The van der Waals surface area contributed by atoms with Crippen molar-refractivity contribution in [3.63, 3.8) is 0 Å². The molecule has 4 nitrogen and oxygen atoms in total. The van der Waals surface area contributed by atoms with Crippen LogP contribution in [0.5, 0.6) is 0 Å². The molecule has 5 heteroatoms. The molecule has 0 amide bonds. The summed E-state index contributed by atoms with van der Waals surface area (Å²) in [5.74, 6) is 1.53. The van der Waals surface area contributed by atoms with E-state index in [1.807, 2.05) is 30.3 Å². The first-order chi connectivity index (χ1) is 9.38. The zero-order valence-electron chi connectivity index (χ0n) is 9.91. The monoisotopic (exact) mass is 267 g/mol. The molecule has 0 aliphatic carbocycles. The van der Waals surface area contributed by atoms with E-state index in [2.05, 4.69) is 16.0 Å². The number of nitrogens with zero attached hydrogens (tertiary/aromatic N) is 3. The summed E-state index contributed by atoms with van der Waals surface area (Å²) in [4.78, 5) is 8.97. The van der Waals surface area contributed by atoms with Crippen LogP contribution in [-0.2, 0) is 0 Å². The Hall–Kier alpha value is -2.32. The van der Waals surface area contributed by atoms with Crippen molar-refractivity contribution in [2.75, 3.05) is 5.75 Å². The SMILES string of the molecule is N#CCSc1nc(-c2ccco2)nc2ccccc12. The Morgan fingerprint density at radius 1 is 1.16 bits per heavy atom. The molecular weight excluding hydrogens is 258 g/mol. The summed E-state index contributed by atoms with van der Waals surface area (Å²) in [7, 11) is 0. The van der Waals surface area contributed by atoms with Gasteiger partial charge >= 0.3 is 0 Å². The molecule has 0 unspecified atom stereocenters. The van der Waals surface area contributed by atoms with Gasteiger partial charge in [0, 0.05) is 5.39 Å². The summed E-state index contributed by atoms with van der Waals surface area (Å²) >= 11 is 1.41. The molecule has 2 heterocycles. The number of aromatic nitrogens is 2. The second-order valence-corrected chi connectivity index (χ2v) is 4.76. The van der Waals surface area contributed by atoms with E-state index in [1.165, 1.54) is 11.8 Å². The molecule has 0 saturated heterocycles. The molecule has 0 bridgehead atoms. The van der Waals surface area contributed by atoms with Crippen LogP contribution in [0.3, 0.4) is 0 Å². The fourth-order valence-electron chi connectivity index (χ4n) is 1.77. The molecule has 3 aromatic rings. The Morgan fingerprint density at radius 2 is 2.05 bits per heavy atom. The van der Waals surface area contributed by atoms with Crippen LogP contribution in [0.1, 0.15) is 0 Å². The van der Waals surface area contributed by atoms with Crippen molar-refractivity contribution >= 4 is 22.7 Å². The minimum absolute atomic E-state index is 0.360. The lowest BCUT2D eigenvalue weighted by Gasteiger charge is -2.05. The van der Waals surface area contributed by atoms with Crippen LogP contribution in [0.2, 0.25) is 0 Å². The summed E-state index contributed by atoms with van der Waals surface area (Å²) in [6, 6.07) is 13.5. The van der Waals surface area contributed by atoms with Gasteiger partial charge in [0.15, 0.2) is 11.6 Å². The Balaban J connectivity index is 2.18. The average Bonchev–Trinajstić information content (AvgIpc) is 2.98. The fourth-order valence-corrected chi connectivity index (χ4v) is 2.45. The number of para-hydroxylation sites is 1. The molecular formula is C14H9N3OS. The third-order valence-electron chi connectivity index (χ3n) is 2.58. The molecule has 0 spiro atoms. The Morgan fingerprint density at radius 3 is 2.84 bits per heavy atom. The zero-order valence-corrected chi connectivity index (χ0v) is 10.7. The van der Waals surface area contributed by atoms with Crippen LogP contribution in [0, 0.1) is 11.3 Å². The van der Waals surface area contributed by atoms with Gasteiger partial charge in [0.05, 0.1) is 23.6 Å². The number of benzene rings is 1. The average molecular weight is 267 g/mol. The predicted octanol–water partition coefficient (Wildman–Crippen LogP) is 3.51. The lowest BCUT2D eigenvalue weighted by atomic mass is 10.2. The number of thioether (sulfide) groups is 1. The van der Waals surface area contributed by atoms with E-state index < -0.39 is 0 Å². The lowest BCUT2D eigenvalue weighted by molar-refractivity contribution is 0.577. The van der Waals surface area contributed by atoms with E-state index in [0.29, 0.717) is 17.3 Å². The van der Waals surface area contributed by atoms with Crippen molar-refractivity contribution in [3.8, 4) is 17.7 Å². The number of fused-ring (bicyclic) bond motifs is 1. The van der Waals surface area contributed by atoms with Gasteiger partial charge in [-0.2, -0.15) is 5.26 Å². The van der Waals surface area contributed by atoms with E-state index in [1.54, 1.807) is 12.3 Å². The molecule has 0 fully saturated rings. The molecule has 19 heavy (non-hydrogen) atoms. The van der Waals surface area contributed by atoms with Gasteiger partial charge in [-0.05, 0) is 18.2 Å². The van der Waals surface area contributed by atoms with Crippen molar-refractivity contribution in [2.24, 2.45) is 0 Å². The highest BCUT2D eigenvalue weighted by atomic mass is 32.2. The van der Waals surface area contributed by atoms with Crippen LogP contribution in [0.15, 0.2) is 52.1 Å². The normalized spacial score (nSPS) is 10.5. The summed E-state index contributed by atoms with van der Waals surface area (Å²) in [5.41, 5.74) is 0.851. The Labute approximate surface area is 114 Å². The molecule has 92 valence electrons. The van der Waals surface area contributed by atoms with Crippen LogP contribution < -0.4 is 0 Å². The second kappa shape index (κ2) is 5.12. The van der Waals surface area contributed by atoms with Gasteiger partial charge < -0.3 is 4.42 Å². The highest BCUT2D eigenvalue weighted by molar-refractivity contribution is 7.99. The highest BCUT2D eigenvalue weighted by Crippen LogP contribution is 2.28. The van der Waals surface area contributed by atoms with E-state index in [0.717, 1.165) is 15.9 Å². The largest absolute Gasteiger partial charge is 0.461 e. The maximum Gasteiger partial charge on any atom is 0.197 e. The van der Waals surface area contributed by atoms with Crippen molar-refractivity contribution in [3.05, 3.63) is 42.7 Å². The molecule has 0 atom stereocenters. The molecule has 3 rings (SSSR count). The molecule has 0 aliphatic rings. The molecule has 0 aliphatic heterocycles. The zero-order chi connectivity index (χ0) is 13.1.